The van der Waals surface area contributed by atoms with Gasteiger partial charge in [0.1, 0.15) is 0 Å². The van der Waals surface area contributed by atoms with E-state index in [1.807, 2.05) is 32.1 Å². The number of hydrogen-bond acceptors (Lipinski definition) is 2. The molecule has 0 aliphatic heterocycles. The van der Waals surface area contributed by atoms with Gasteiger partial charge in [-0.25, -0.2) is 0 Å². The Hall–Kier alpha value is -0.600. The van der Waals surface area contributed by atoms with Crippen molar-refractivity contribution in [3.05, 3.63) is 24.3 Å². The first kappa shape index (κ1) is 11.5. The number of aliphatic hydroxyl groups is 1. The van der Waals surface area contributed by atoms with Gasteiger partial charge in [-0.05, 0) is 12.8 Å². The van der Waals surface area contributed by atoms with E-state index in [2.05, 4.69) is 13.0 Å². The van der Waals surface area contributed by atoms with Gasteiger partial charge in [0.2, 0.25) is 0 Å². The van der Waals surface area contributed by atoms with Gasteiger partial charge >= 0.3 is 0 Å². The molecular weight excluding hydrogens is 176 g/mol. The van der Waals surface area contributed by atoms with Gasteiger partial charge in [0.05, 0.1) is 6.10 Å². The van der Waals surface area contributed by atoms with E-state index < -0.39 is 6.29 Å². The van der Waals surface area contributed by atoms with Gasteiger partial charge < -0.3 is 9.84 Å². The summed E-state index contributed by atoms with van der Waals surface area (Å²) in [5.74, 6) is 0. The Bertz CT molecular complexity index is 228. The Balaban J connectivity index is 2.44. The van der Waals surface area contributed by atoms with Crippen molar-refractivity contribution in [2.75, 3.05) is 0 Å². The van der Waals surface area contributed by atoms with Gasteiger partial charge in [0.25, 0.3) is 0 Å². The first-order chi connectivity index (χ1) is 6.56. The normalized spacial score (nSPS) is 23.9. The van der Waals surface area contributed by atoms with Crippen LogP contribution in [0.2, 0.25) is 0 Å². The van der Waals surface area contributed by atoms with Crippen LogP contribution in [0.5, 0.6) is 0 Å². The zero-order valence-corrected chi connectivity index (χ0v) is 9.23. The molecular formula is C12H20O2. The Kier molecular flexibility index (Phi) is 3.90. The Labute approximate surface area is 86.3 Å². The maximum atomic E-state index is 9.85. The van der Waals surface area contributed by atoms with Gasteiger partial charge in [0, 0.05) is 5.41 Å². The molecule has 1 aliphatic rings. The molecule has 80 valence electrons. The van der Waals surface area contributed by atoms with Crippen LogP contribution < -0.4 is 0 Å². The largest absolute Gasteiger partial charge is 0.367 e. The molecule has 0 fully saturated rings. The Morgan fingerprint density at radius 1 is 1.50 bits per heavy atom. The second kappa shape index (κ2) is 4.76. The van der Waals surface area contributed by atoms with Gasteiger partial charge in [-0.2, -0.15) is 0 Å². The zero-order valence-electron chi connectivity index (χ0n) is 9.23. The molecule has 0 bridgehead atoms. The lowest BCUT2D eigenvalue weighted by atomic mass is 9.89. The van der Waals surface area contributed by atoms with Crippen LogP contribution in [-0.2, 0) is 4.74 Å². The van der Waals surface area contributed by atoms with Crippen molar-refractivity contribution in [1.29, 1.82) is 0 Å². The summed E-state index contributed by atoms with van der Waals surface area (Å²) in [6, 6.07) is 0. The van der Waals surface area contributed by atoms with E-state index in [0.29, 0.717) is 0 Å². The zero-order chi connectivity index (χ0) is 10.6. The van der Waals surface area contributed by atoms with E-state index in [1.54, 1.807) is 0 Å². The summed E-state index contributed by atoms with van der Waals surface area (Å²) in [5.41, 5.74) is -0.172. The lowest BCUT2D eigenvalue weighted by Crippen LogP contribution is -2.34. The smallest absolute Gasteiger partial charge is 0.160 e. The molecule has 1 N–H and O–H groups in total. The molecule has 2 unspecified atom stereocenters. The highest BCUT2D eigenvalue weighted by Crippen LogP contribution is 2.27. The minimum atomic E-state index is -0.686. The number of ether oxygens (including phenoxy) is 1. The summed E-state index contributed by atoms with van der Waals surface area (Å²) in [6.45, 7) is 6.09. The van der Waals surface area contributed by atoms with Crippen LogP contribution >= 0.6 is 0 Å². The second-order valence-electron chi connectivity index (χ2n) is 4.42. The molecule has 1 rings (SSSR count). The van der Waals surface area contributed by atoms with Crippen molar-refractivity contribution in [1.82, 2.24) is 0 Å². The summed E-state index contributed by atoms with van der Waals surface area (Å²) in [4.78, 5) is 0. The Morgan fingerprint density at radius 3 is 2.71 bits per heavy atom. The highest BCUT2D eigenvalue weighted by Gasteiger charge is 2.28. The third kappa shape index (κ3) is 2.96. The number of aliphatic hydroxyl groups excluding tert-OH is 1. The van der Waals surface area contributed by atoms with Crippen LogP contribution in [0.25, 0.3) is 0 Å². The van der Waals surface area contributed by atoms with Crippen molar-refractivity contribution in [2.45, 2.75) is 46.0 Å². The molecule has 0 amide bonds. The van der Waals surface area contributed by atoms with Crippen molar-refractivity contribution >= 4 is 0 Å². The lowest BCUT2D eigenvalue weighted by molar-refractivity contribution is -0.182. The van der Waals surface area contributed by atoms with Gasteiger partial charge in [-0.3, -0.25) is 0 Å². The molecule has 14 heavy (non-hydrogen) atoms. The predicted molar refractivity (Wildman–Crippen MR) is 57.8 cm³/mol. The molecule has 2 heteroatoms. The summed E-state index contributed by atoms with van der Waals surface area (Å²) in [5, 5.41) is 9.85. The fourth-order valence-corrected chi connectivity index (χ4v) is 1.18. The summed E-state index contributed by atoms with van der Waals surface area (Å²) in [6.07, 6.45) is 9.09. The first-order valence-electron chi connectivity index (χ1n) is 5.23. The Morgan fingerprint density at radius 2 is 2.21 bits per heavy atom. The third-order valence-corrected chi connectivity index (χ3v) is 2.82. The van der Waals surface area contributed by atoms with E-state index in [0.717, 1.165) is 12.8 Å². The highest BCUT2D eigenvalue weighted by molar-refractivity contribution is 5.11. The van der Waals surface area contributed by atoms with E-state index >= 15 is 0 Å². The SMILES string of the molecule is CCC(C)(C)C(O)OC1C=CC=CC1. The summed E-state index contributed by atoms with van der Waals surface area (Å²) in [7, 11) is 0. The quantitative estimate of drug-likeness (QED) is 0.700. The third-order valence-electron chi connectivity index (χ3n) is 2.82. The second-order valence-corrected chi connectivity index (χ2v) is 4.42. The van der Waals surface area contributed by atoms with Crippen LogP contribution in [-0.4, -0.2) is 17.5 Å². The predicted octanol–water partition coefficient (Wildman–Crippen LogP) is 2.64. The molecule has 1 aliphatic carbocycles. The fraction of sp³-hybridized carbons (Fsp3) is 0.667. The minimum absolute atomic E-state index is 0.0285. The van der Waals surface area contributed by atoms with E-state index in [1.165, 1.54) is 0 Å². The van der Waals surface area contributed by atoms with Crippen LogP contribution in [0, 0.1) is 5.41 Å². The maximum absolute atomic E-state index is 9.85. The lowest BCUT2D eigenvalue weighted by Gasteiger charge is -2.31. The molecule has 0 aromatic carbocycles. The van der Waals surface area contributed by atoms with Gasteiger partial charge in [-0.15, -0.1) is 0 Å². The average Bonchev–Trinajstić information content (AvgIpc) is 2.19. The summed E-state index contributed by atoms with van der Waals surface area (Å²) >= 11 is 0. The molecule has 0 aromatic rings. The van der Waals surface area contributed by atoms with Crippen LogP contribution in [0.15, 0.2) is 24.3 Å². The van der Waals surface area contributed by atoms with Gasteiger partial charge in [0.15, 0.2) is 6.29 Å². The molecule has 2 nitrogen and oxygen atoms in total. The monoisotopic (exact) mass is 196 g/mol. The molecule has 0 aromatic heterocycles. The average molecular weight is 196 g/mol. The fourth-order valence-electron chi connectivity index (χ4n) is 1.18. The molecule has 0 spiro atoms. The number of rotatable bonds is 4. The van der Waals surface area contributed by atoms with E-state index in [9.17, 15) is 5.11 Å². The molecule has 2 atom stereocenters. The molecule has 0 radical (unpaired) electrons. The van der Waals surface area contributed by atoms with E-state index in [4.69, 9.17) is 4.74 Å². The number of hydrogen-bond donors (Lipinski definition) is 1. The highest BCUT2D eigenvalue weighted by atomic mass is 16.6. The van der Waals surface area contributed by atoms with Crippen LogP contribution in [0.3, 0.4) is 0 Å². The van der Waals surface area contributed by atoms with Crippen molar-refractivity contribution in [3.8, 4) is 0 Å². The van der Waals surface area contributed by atoms with Crippen LogP contribution in [0.4, 0.5) is 0 Å². The topological polar surface area (TPSA) is 29.5 Å². The van der Waals surface area contributed by atoms with Crippen molar-refractivity contribution < 1.29 is 9.84 Å². The molecule has 0 heterocycles. The van der Waals surface area contributed by atoms with Crippen molar-refractivity contribution in [3.63, 3.8) is 0 Å². The standard InChI is InChI=1S/C12H20O2/c1-4-12(2,3)11(13)14-10-8-6-5-7-9-10/h5-8,10-11,13H,4,9H2,1-3H3. The van der Waals surface area contributed by atoms with Crippen molar-refractivity contribution in [2.24, 2.45) is 5.41 Å². The molecule has 0 saturated carbocycles. The number of allylic oxidation sites excluding steroid dienone is 2. The van der Waals surface area contributed by atoms with Crippen LogP contribution in [0.1, 0.15) is 33.6 Å². The molecule has 0 saturated heterocycles. The van der Waals surface area contributed by atoms with Gasteiger partial charge in [-0.1, -0.05) is 45.1 Å². The van der Waals surface area contributed by atoms with E-state index in [-0.39, 0.29) is 11.5 Å². The first-order valence-corrected chi connectivity index (χ1v) is 5.23. The maximum Gasteiger partial charge on any atom is 0.160 e. The minimum Gasteiger partial charge on any atom is -0.367 e. The summed E-state index contributed by atoms with van der Waals surface area (Å²) < 4.78 is 5.56.